The van der Waals surface area contributed by atoms with Crippen LogP contribution >= 0.6 is 0 Å². The zero-order valence-electron chi connectivity index (χ0n) is 19.4. The lowest BCUT2D eigenvalue weighted by atomic mass is 9.98. The summed E-state index contributed by atoms with van der Waals surface area (Å²) in [7, 11) is 0. The fourth-order valence-electron chi connectivity index (χ4n) is 4.91. The highest BCUT2D eigenvalue weighted by Gasteiger charge is 2.20. The molecule has 3 aromatic heterocycles. The lowest BCUT2D eigenvalue weighted by Gasteiger charge is -2.29. The Morgan fingerprint density at radius 1 is 1.03 bits per heavy atom. The average Bonchev–Trinajstić information content (AvgIpc) is 3.24. The third-order valence-corrected chi connectivity index (χ3v) is 6.50. The second-order valence-electron chi connectivity index (χ2n) is 8.80. The predicted molar refractivity (Wildman–Crippen MR) is 136 cm³/mol. The van der Waals surface area contributed by atoms with Crippen molar-refractivity contribution < 1.29 is 9.53 Å². The molecule has 0 amide bonds. The van der Waals surface area contributed by atoms with Gasteiger partial charge in [0.1, 0.15) is 5.75 Å². The highest BCUT2D eigenvalue weighted by molar-refractivity contribution is 6.21. The quantitative estimate of drug-likeness (QED) is 0.211. The molecule has 9 nitrogen and oxygen atoms in total. The number of nitrogens with one attached hydrogen (secondary N) is 3. The monoisotopic (exact) mass is 468 g/mol. The number of nitrogens with zero attached hydrogens (tertiary/aromatic N) is 3. The summed E-state index contributed by atoms with van der Waals surface area (Å²) in [4.78, 5) is 35.0. The van der Waals surface area contributed by atoms with Gasteiger partial charge in [0.05, 0.1) is 22.0 Å². The second-order valence-corrected chi connectivity index (χ2v) is 8.80. The highest BCUT2D eigenvalue weighted by Crippen LogP contribution is 2.36. The van der Waals surface area contributed by atoms with Crippen LogP contribution in [-0.4, -0.2) is 52.3 Å². The normalized spacial score (nSPS) is 14.2. The molecule has 1 fully saturated rings. The van der Waals surface area contributed by atoms with Gasteiger partial charge in [-0.25, -0.2) is 4.98 Å². The van der Waals surface area contributed by atoms with Gasteiger partial charge in [-0.15, -0.1) is 0 Å². The summed E-state index contributed by atoms with van der Waals surface area (Å²) >= 11 is 0. The van der Waals surface area contributed by atoms with Crippen molar-refractivity contribution in [1.82, 2.24) is 25.5 Å². The minimum atomic E-state index is -0.391. The van der Waals surface area contributed by atoms with Crippen LogP contribution in [0.2, 0.25) is 0 Å². The summed E-state index contributed by atoms with van der Waals surface area (Å²) in [6.07, 6.45) is 0. The molecule has 0 unspecified atom stereocenters. The van der Waals surface area contributed by atoms with Gasteiger partial charge in [-0.3, -0.25) is 14.7 Å². The molecule has 4 heterocycles. The fraction of sp³-hybridized carbons (Fsp3) is 0.231. The largest absolute Gasteiger partial charge is 0.427 e. The predicted octanol–water partition coefficient (Wildman–Crippen LogP) is 3.26. The Balaban J connectivity index is 1.61. The Hall–Kier alpha value is -4.24. The number of H-pyrrole nitrogens is 2. The molecule has 1 saturated heterocycles. The third-order valence-electron chi connectivity index (χ3n) is 6.50. The standard InChI is InChI=1S/C26H24N6O3/c1-14-21-22-19-8-5-17(32-11-9-27-10-12-32)13-20(19)28-26(34)23(22)24(29-25(21)31-30-14)16-3-6-18(7-4-16)35-15(2)33/h3-8,13,27H,9-12H2,1-2H3,(H,28,34)(H,29,30,31). The molecule has 0 spiro atoms. The SMILES string of the molecule is CC(=O)Oc1ccc(-c2nc3n[nH]c(C)c3c3c2c(=O)[nH]c2cc(N4CCNCC4)ccc23)cc1. The van der Waals surface area contributed by atoms with Crippen molar-refractivity contribution in [3.05, 3.63) is 58.5 Å². The highest BCUT2D eigenvalue weighted by atomic mass is 16.5. The number of piperazine rings is 1. The van der Waals surface area contributed by atoms with Crippen molar-refractivity contribution in [2.24, 2.45) is 0 Å². The Morgan fingerprint density at radius 2 is 1.80 bits per heavy atom. The van der Waals surface area contributed by atoms with Gasteiger partial charge in [-0.2, -0.15) is 5.10 Å². The van der Waals surface area contributed by atoms with E-state index in [9.17, 15) is 9.59 Å². The number of carbonyl (C=O) groups is 1. The van der Waals surface area contributed by atoms with Crippen molar-refractivity contribution in [1.29, 1.82) is 0 Å². The molecular formula is C26H24N6O3. The maximum atomic E-state index is 13.5. The molecule has 0 atom stereocenters. The van der Waals surface area contributed by atoms with Crippen LogP contribution in [0.4, 0.5) is 5.69 Å². The second kappa shape index (κ2) is 8.21. The number of hydrogen-bond donors (Lipinski definition) is 3. The van der Waals surface area contributed by atoms with E-state index in [0.29, 0.717) is 22.5 Å². The van der Waals surface area contributed by atoms with Gasteiger partial charge in [0.15, 0.2) is 5.65 Å². The molecule has 9 heteroatoms. The zero-order chi connectivity index (χ0) is 24.1. The number of aryl methyl sites for hydroxylation is 1. The third kappa shape index (κ3) is 3.60. The molecule has 0 radical (unpaired) electrons. The molecule has 1 aliphatic rings. The molecule has 0 aliphatic carbocycles. The van der Waals surface area contributed by atoms with Crippen LogP contribution in [0.15, 0.2) is 47.3 Å². The Kier molecular flexibility index (Phi) is 5.00. The summed E-state index contributed by atoms with van der Waals surface area (Å²) in [5.41, 5.74) is 4.32. The molecular weight excluding hydrogens is 444 g/mol. The first kappa shape index (κ1) is 21.3. The van der Waals surface area contributed by atoms with E-state index in [1.807, 2.05) is 6.92 Å². The Morgan fingerprint density at radius 3 is 2.54 bits per heavy atom. The fourth-order valence-corrected chi connectivity index (χ4v) is 4.91. The van der Waals surface area contributed by atoms with Gasteiger partial charge in [-0.1, -0.05) is 6.07 Å². The van der Waals surface area contributed by atoms with Crippen molar-refractivity contribution in [2.75, 3.05) is 31.1 Å². The van der Waals surface area contributed by atoms with Gasteiger partial charge in [0, 0.05) is 60.8 Å². The van der Waals surface area contributed by atoms with Crippen LogP contribution in [0.1, 0.15) is 12.6 Å². The molecule has 6 rings (SSSR count). The summed E-state index contributed by atoms with van der Waals surface area (Å²) in [6, 6.07) is 13.2. The number of fused-ring (bicyclic) bond motifs is 5. The molecule has 176 valence electrons. The van der Waals surface area contributed by atoms with Crippen LogP contribution < -0.4 is 20.5 Å². The number of pyridine rings is 2. The van der Waals surface area contributed by atoms with Crippen molar-refractivity contribution in [3.8, 4) is 17.0 Å². The Bertz CT molecular complexity index is 1660. The minimum absolute atomic E-state index is 0.209. The van der Waals surface area contributed by atoms with E-state index in [2.05, 4.69) is 43.6 Å². The molecule has 0 saturated carbocycles. The molecule has 3 N–H and O–H groups in total. The van der Waals surface area contributed by atoms with Gasteiger partial charge < -0.3 is 19.9 Å². The number of hydrogen-bond acceptors (Lipinski definition) is 7. The van der Waals surface area contributed by atoms with Gasteiger partial charge in [-0.05, 0) is 43.3 Å². The zero-order valence-corrected chi connectivity index (χ0v) is 19.4. The molecule has 35 heavy (non-hydrogen) atoms. The number of esters is 1. The van der Waals surface area contributed by atoms with Crippen LogP contribution in [0.25, 0.3) is 44.0 Å². The van der Waals surface area contributed by atoms with Gasteiger partial charge in [0.25, 0.3) is 5.56 Å². The van der Waals surface area contributed by atoms with E-state index >= 15 is 0 Å². The number of benzene rings is 2. The van der Waals surface area contributed by atoms with Crippen LogP contribution in [-0.2, 0) is 4.79 Å². The van der Waals surface area contributed by atoms with Crippen LogP contribution in [0, 0.1) is 6.92 Å². The smallest absolute Gasteiger partial charge is 0.308 e. The molecule has 0 bridgehead atoms. The van der Waals surface area contributed by atoms with E-state index in [4.69, 9.17) is 9.72 Å². The lowest BCUT2D eigenvalue weighted by Crippen LogP contribution is -2.43. The first-order chi connectivity index (χ1) is 17.0. The van der Waals surface area contributed by atoms with E-state index in [0.717, 1.165) is 64.8 Å². The number of aromatic amines is 2. The first-order valence-corrected chi connectivity index (χ1v) is 11.6. The maximum absolute atomic E-state index is 13.5. The van der Waals surface area contributed by atoms with Crippen molar-refractivity contribution in [2.45, 2.75) is 13.8 Å². The van der Waals surface area contributed by atoms with E-state index in [1.165, 1.54) is 6.92 Å². The molecule has 2 aromatic carbocycles. The number of carbonyl (C=O) groups excluding carboxylic acids is 1. The average molecular weight is 469 g/mol. The van der Waals surface area contributed by atoms with Crippen LogP contribution in [0.5, 0.6) is 5.75 Å². The van der Waals surface area contributed by atoms with E-state index < -0.39 is 5.97 Å². The number of ether oxygens (including phenoxy) is 1. The van der Waals surface area contributed by atoms with Gasteiger partial charge >= 0.3 is 5.97 Å². The number of rotatable bonds is 3. The Labute approximate surface area is 200 Å². The minimum Gasteiger partial charge on any atom is -0.427 e. The van der Waals surface area contributed by atoms with E-state index in [-0.39, 0.29) is 5.56 Å². The maximum Gasteiger partial charge on any atom is 0.308 e. The molecule has 1 aliphatic heterocycles. The lowest BCUT2D eigenvalue weighted by molar-refractivity contribution is -0.131. The summed E-state index contributed by atoms with van der Waals surface area (Å²) < 4.78 is 5.16. The van der Waals surface area contributed by atoms with Crippen LogP contribution in [0.3, 0.4) is 0 Å². The summed E-state index contributed by atoms with van der Waals surface area (Å²) in [6.45, 7) is 7.01. The van der Waals surface area contributed by atoms with E-state index in [1.54, 1.807) is 24.3 Å². The van der Waals surface area contributed by atoms with Gasteiger partial charge in [0.2, 0.25) is 0 Å². The first-order valence-electron chi connectivity index (χ1n) is 11.6. The summed E-state index contributed by atoms with van der Waals surface area (Å²) in [5.74, 6) is 0.0416. The number of aromatic nitrogens is 4. The number of anilines is 1. The summed E-state index contributed by atoms with van der Waals surface area (Å²) in [5, 5.41) is 13.9. The molecule has 5 aromatic rings. The van der Waals surface area contributed by atoms with Crippen molar-refractivity contribution in [3.63, 3.8) is 0 Å². The topological polar surface area (TPSA) is 116 Å². The van der Waals surface area contributed by atoms with Crippen molar-refractivity contribution >= 4 is 44.4 Å².